The molecular formula is C9H8ClF3N2O4S2. The smallest absolute Gasteiger partial charge is 0.258 e. The first-order valence-electron chi connectivity index (χ1n) is 5.17. The van der Waals surface area contributed by atoms with Crippen molar-refractivity contribution >= 4 is 39.1 Å². The number of nitro groups is 1. The van der Waals surface area contributed by atoms with Crippen molar-refractivity contribution in [2.24, 2.45) is 0 Å². The van der Waals surface area contributed by atoms with E-state index < -0.39 is 43.3 Å². The normalized spacial score (nSPS) is 12.4. The highest BCUT2D eigenvalue weighted by Crippen LogP contribution is 2.30. The zero-order valence-electron chi connectivity index (χ0n) is 10.1. The fourth-order valence-electron chi connectivity index (χ4n) is 1.23. The van der Waals surface area contributed by atoms with Crippen LogP contribution in [0.4, 0.5) is 18.9 Å². The average molecular weight is 365 g/mol. The average Bonchev–Trinajstić information content (AvgIpc) is 2.33. The minimum absolute atomic E-state index is 0.244. The van der Waals surface area contributed by atoms with Gasteiger partial charge in [0, 0.05) is 18.4 Å². The number of hydrogen-bond acceptors (Lipinski definition) is 5. The first-order valence-corrected chi connectivity index (χ1v) is 8.02. The van der Waals surface area contributed by atoms with Crippen molar-refractivity contribution in [2.75, 3.05) is 12.3 Å². The molecule has 0 radical (unpaired) electrons. The quantitative estimate of drug-likeness (QED) is 0.476. The predicted octanol–water partition coefficient (Wildman–Crippen LogP) is 2.78. The first kappa shape index (κ1) is 18.0. The predicted molar refractivity (Wildman–Crippen MR) is 71.8 cm³/mol. The largest absolute Gasteiger partial charge is 0.441 e. The van der Waals surface area contributed by atoms with Gasteiger partial charge in [0.1, 0.15) is 5.02 Å². The van der Waals surface area contributed by atoms with Crippen LogP contribution >= 0.6 is 23.4 Å². The molecule has 6 nitrogen and oxygen atoms in total. The molecular weight excluding hydrogens is 357 g/mol. The Morgan fingerprint density at radius 3 is 2.52 bits per heavy atom. The van der Waals surface area contributed by atoms with E-state index in [1.807, 2.05) is 4.72 Å². The van der Waals surface area contributed by atoms with Crippen LogP contribution in [0.1, 0.15) is 0 Å². The van der Waals surface area contributed by atoms with Crippen LogP contribution in [-0.2, 0) is 10.0 Å². The maximum Gasteiger partial charge on any atom is 0.441 e. The molecule has 0 unspecified atom stereocenters. The number of nitrogens with one attached hydrogen (secondary N) is 1. The van der Waals surface area contributed by atoms with Crippen LogP contribution in [0.5, 0.6) is 0 Å². The maximum absolute atomic E-state index is 11.9. The topological polar surface area (TPSA) is 89.3 Å². The molecule has 0 amide bonds. The summed E-state index contributed by atoms with van der Waals surface area (Å²) in [6, 6.07) is 2.79. The lowest BCUT2D eigenvalue weighted by molar-refractivity contribution is -0.384. The van der Waals surface area contributed by atoms with Gasteiger partial charge in [0.15, 0.2) is 0 Å². The Bertz CT molecular complexity index is 636. The van der Waals surface area contributed by atoms with E-state index in [0.717, 1.165) is 18.2 Å². The van der Waals surface area contributed by atoms with Crippen LogP contribution in [0.3, 0.4) is 0 Å². The molecule has 1 aromatic carbocycles. The molecule has 21 heavy (non-hydrogen) atoms. The number of nitro benzene ring substituents is 1. The molecule has 0 saturated heterocycles. The van der Waals surface area contributed by atoms with Crippen molar-refractivity contribution in [3.05, 3.63) is 33.3 Å². The summed E-state index contributed by atoms with van der Waals surface area (Å²) < 4.78 is 61.1. The third-order valence-electron chi connectivity index (χ3n) is 2.08. The van der Waals surface area contributed by atoms with E-state index in [1.54, 1.807) is 0 Å². The van der Waals surface area contributed by atoms with Crippen LogP contribution in [0, 0.1) is 10.1 Å². The van der Waals surface area contributed by atoms with Gasteiger partial charge in [-0.2, -0.15) is 13.2 Å². The summed E-state index contributed by atoms with van der Waals surface area (Å²) in [4.78, 5) is 9.34. The van der Waals surface area contributed by atoms with Crippen molar-refractivity contribution in [2.45, 2.75) is 10.4 Å². The number of hydrogen-bond donors (Lipinski definition) is 1. The Labute approximate surface area is 126 Å². The SMILES string of the molecule is O=[N+]([O-])c1cc(S(=O)(=O)NCCSC(F)(F)F)ccc1Cl. The Hall–Kier alpha value is -1.04. The fraction of sp³-hybridized carbons (Fsp3) is 0.333. The van der Waals surface area contributed by atoms with Gasteiger partial charge in [0.2, 0.25) is 10.0 Å². The van der Waals surface area contributed by atoms with Gasteiger partial charge in [-0.3, -0.25) is 10.1 Å². The second kappa shape index (κ2) is 6.81. The zero-order valence-corrected chi connectivity index (χ0v) is 12.4. The molecule has 118 valence electrons. The van der Waals surface area contributed by atoms with Crippen molar-refractivity contribution in [3.8, 4) is 0 Å². The minimum atomic E-state index is -4.45. The first-order chi connectivity index (χ1) is 9.53. The molecule has 0 aliphatic carbocycles. The van der Waals surface area contributed by atoms with E-state index in [1.165, 1.54) is 0 Å². The third kappa shape index (κ3) is 5.69. The van der Waals surface area contributed by atoms with Crippen LogP contribution in [0.15, 0.2) is 23.1 Å². The molecule has 0 heterocycles. The molecule has 0 saturated carbocycles. The molecule has 0 aliphatic heterocycles. The summed E-state index contributed by atoms with van der Waals surface area (Å²) >= 11 is 5.16. The summed E-state index contributed by atoms with van der Waals surface area (Å²) in [5.74, 6) is -0.515. The lowest BCUT2D eigenvalue weighted by Crippen LogP contribution is -2.26. The van der Waals surface area contributed by atoms with Gasteiger partial charge in [0.05, 0.1) is 9.82 Å². The summed E-state index contributed by atoms with van der Waals surface area (Å²) in [5, 5.41) is 10.4. The Morgan fingerprint density at radius 2 is 2.00 bits per heavy atom. The molecule has 1 rings (SSSR count). The third-order valence-corrected chi connectivity index (χ3v) is 4.60. The monoisotopic (exact) mass is 364 g/mol. The number of nitrogens with zero attached hydrogens (tertiary/aromatic N) is 1. The van der Waals surface area contributed by atoms with Gasteiger partial charge in [-0.1, -0.05) is 11.6 Å². The molecule has 0 spiro atoms. The molecule has 0 atom stereocenters. The molecule has 0 fully saturated rings. The number of benzene rings is 1. The molecule has 0 aromatic heterocycles. The van der Waals surface area contributed by atoms with Gasteiger partial charge in [-0.15, -0.1) is 0 Å². The fourth-order valence-corrected chi connectivity index (χ4v) is 3.03. The molecule has 1 aromatic rings. The number of alkyl halides is 3. The zero-order chi connectivity index (χ0) is 16.3. The van der Waals surface area contributed by atoms with Crippen molar-refractivity contribution < 1.29 is 26.5 Å². The van der Waals surface area contributed by atoms with E-state index in [4.69, 9.17) is 11.6 Å². The second-order valence-electron chi connectivity index (χ2n) is 3.56. The Kier molecular flexibility index (Phi) is 5.84. The summed E-state index contributed by atoms with van der Waals surface area (Å²) in [6.45, 7) is -0.469. The summed E-state index contributed by atoms with van der Waals surface area (Å²) in [5.41, 5.74) is -5.06. The van der Waals surface area contributed by atoms with Gasteiger partial charge < -0.3 is 0 Å². The van der Waals surface area contributed by atoms with Crippen LogP contribution in [0.2, 0.25) is 5.02 Å². The number of sulfonamides is 1. The molecule has 0 aliphatic rings. The van der Waals surface area contributed by atoms with Crippen molar-refractivity contribution in [1.82, 2.24) is 4.72 Å². The lowest BCUT2D eigenvalue weighted by atomic mass is 10.3. The molecule has 1 N–H and O–H groups in total. The van der Waals surface area contributed by atoms with Crippen molar-refractivity contribution in [3.63, 3.8) is 0 Å². The lowest BCUT2D eigenvalue weighted by Gasteiger charge is -2.08. The summed E-state index contributed by atoms with van der Waals surface area (Å²) in [7, 11) is -4.14. The van der Waals surface area contributed by atoms with E-state index in [0.29, 0.717) is 0 Å². The van der Waals surface area contributed by atoms with E-state index in [9.17, 15) is 31.7 Å². The van der Waals surface area contributed by atoms with E-state index in [-0.39, 0.29) is 16.8 Å². The van der Waals surface area contributed by atoms with Crippen molar-refractivity contribution in [1.29, 1.82) is 0 Å². The van der Waals surface area contributed by atoms with Crippen LogP contribution < -0.4 is 4.72 Å². The standard InChI is InChI=1S/C9H8ClF3N2O4S2/c10-7-2-1-6(5-8(7)15(16)17)21(18,19)14-3-4-20-9(11,12)13/h1-2,5,14H,3-4H2. The highest BCUT2D eigenvalue weighted by molar-refractivity contribution is 8.00. The van der Waals surface area contributed by atoms with Gasteiger partial charge in [0.25, 0.3) is 5.69 Å². The Balaban J connectivity index is 2.79. The van der Waals surface area contributed by atoms with Crippen LogP contribution in [0.25, 0.3) is 0 Å². The Morgan fingerprint density at radius 1 is 1.38 bits per heavy atom. The van der Waals surface area contributed by atoms with E-state index >= 15 is 0 Å². The minimum Gasteiger partial charge on any atom is -0.258 e. The van der Waals surface area contributed by atoms with Gasteiger partial charge >= 0.3 is 5.51 Å². The second-order valence-corrected chi connectivity index (χ2v) is 6.90. The highest BCUT2D eigenvalue weighted by atomic mass is 35.5. The van der Waals surface area contributed by atoms with Gasteiger partial charge in [-0.05, 0) is 23.9 Å². The summed E-state index contributed by atoms with van der Waals surface area (Å²) in [6.07, 6.45) is 0. The molecule has 0 bridgehead atoms. The number of halogens is 4. The molecule has 12 heteroatoms. The van der Waals surface area contributed by atoms with Gasteiger partial charge in [-0.25, -0.2) is 13.1 Å². The number of thioether (sulfide) groups is 1. The number of rotatable bonds is 6. The maximum atomic E-state index is 11.9. The highest BCUT2D eigenvalue weighted by Gasteiger charge is 2.28. The van der Waals surface area contributed by atoms with Crippen LogP contribution in [-0.4, -0.2) is 31.1 Å². The van der Waals surface area contributed by atoms with E-state index in [2.05, 4.69) is 0 Å².